The van der Waals surface area contributed by atoms with Gasteiger partial charge in [0.05, 0.1) is 18.6 Å². The number of rotatable bonds is 1. The molecule has 4 atom stereocenters. The van der Waals surface area contributed by atoms with Gasteiger partial charge in [-0.15, -0.1) is 0 Å². The second-order valence-electron chi connectivity index (χ2n) is 4.53. The number of hydrogen-bond acceptors (Lipinski definition) is 8. The third-order valence-electron chi connectivity index (χ3n) is 2.97. The molecular weight excluding hydrogens is 285 g/mol. The third kappa shape index (κ3) is 3.49. The average molecular weight is 301 g/mol. The first-order valence-electron chi connectivity index (χ1n) is 6.14. The number of aromatic amines is 1. The molecule has 0 amide bonds. The van der Waals surface area contributed by atoms with Gasteiger partial charge in [-0.05, 0) is 6.92 Å². The molecule has 0 aliphatic carbocycles. The van der Waals surface area contributed by atoms with Crippen molar-refractivity contribution in [2.24, 2.45) is 5.73 Å². The Hall–Kier alpha value is -1.72. The number of ether oxygens (including phenoxy) is 1. The molecule has 0 saturated carbocycles. The van der Waals surface area contributed by atoms with Crippen LogP contribution in [0, 0.1) is 13.0 Å². The molecule has 2 aromatic rings. The summed E-state index contributed by atoms with van der Waals surface area (Å²) in [6, 6.07) is 0. The number of nitrogens with one attached hydrogen (secondary N) is 1. The van der Waals surface area contributed by atoms with Crippen LogP contribution in [0.5, 0.6) is 0 Å². The Kier molecular flexibility index (Phi) is 4.75. The molecule has 3 heterocycles. The number of nitrogens with two attached hydrogens (primary N) is 1. The predicted molar refractivity (Wildman–Crippen MR) is 68.3 cm³/mol. The number of aliphatic hydroxyl groups is 3. The lowest BCUT2D eigenvalue weighted by Gasteiger charge is -2.16. The lowest BCUT2D eigenvalue weighted by Crippen LogP contribution is -2.43. The molecule has 21 heavy (non-hydrogen) atoms. The van der Waals surface area contributed by atoms with Gasteiger partial charge in [0.25, 0.3) is 0 Å². The van der Waals surface area contributed by atoms with E-state index < -0.39 is 30.6 Å². The summed E-state index contributed by atoms with van der Waals surface area (Å²) in [6.45, 7) is 1.73. The van der Waals surface area contributed by atoms with E-state index in [-0.39, 0.29) is 6.61 Å². The van der Waals surface area contributed by atoms with Crippen molar-refractivity contribution in [2.45, 2.75) is 31.5 Å². The second kappa shape index (κ2) is 6.37. The van der Waals surface area contributed by atoms with Gasteiger partial charge in [-0.1, -0.05) is 0 Å². The third-order valence-corrected chi connectivity index (χ3v) is 2.97. The SMILES string of the molecule is Cc1nc(F)nc2nc[nH]c12.NC(O)[C@H]1OC[C@H](O)[C@@H]1O. The summed E-state index contributed by atoms with van der Waals surface area (Å²) in [6.07, 6.45) is -3.35. The molecule has 1 aliphatic heterocycles. The number of hydrogen-bond donors (Lipinski definition) is 5. The van der Waals surface area contributed by atoms with Gasteiger partial charge in [0.15, 0.2) is 5.65 Å². The van der Waals surface area contributed by atoms with Crippen LogP contribution in [-0.2, 0) is 4.74 Å². The second-order valence-corrected chi connectivity index (χ2v) is 4.53. The molecule has 2 aromatic heterocycles. The van der Waals surface area contributed by atoms with Crippen molar-refractivity contribution < 1.29 is 24.4 Å². The number of aliphatic hydroxyl groups excluding tert-OH is 3. The van der Waals surface area contributed by atoms with Crippen LogP contribution in [0.4, 0.5) is 4.39 Å². The molecule has 6 N–H and O–H groups in total. The average Bonchev–Trinajstić information content (AvgIpc) is 2.98. The first-order valence-corrected chi connectivity index (χ1v) is 6.14. The van der Waals surface area contributed by atoms with Gasteiger partial charge in [0, 0.05) is 0 Å². The van der Waals surface area contributed by atoms with Crippen molar-refractivity contribution in [1.82, 2.24) is 19.9 Å². The minimum atomic E-state index is -1.23. The topological polar surface area (TPSA) is 150 Å². The highest BCUT2D eigenvalue weighted by Crippen LogP contribution is 2.15. The Bertz CT molecular complexity index is 607. The normalized spacial score (nSPS) is 26.5. The largest absolute Gasteiger partial charge is 0.388 e. The van der Waals surface area contributed by atoms with E-state index in [1.807, 2.05) is 0 Å². The standard InChI is InChI=1S/C6H5FN4.C5H11NO4/c1-3-4-5(9-2-8-4)11-6(7)10-3;6-5(9)4-3(8)2(7)1-10-4/h2H,1H3,(H,8,9,10,11);2-5,7-9H,1,6H2/t;2-,3-,4-,5?/m.0/s1. The molecule has 0 spiro atoms. The molecule has 0 radical (unpaired) electrons. The van der Waals surface area contributed by atoms with Gasteiger partial charge in [0.1, 0.15) is 30.1 Å². The van der Waals surface area contributed by atoms with Crippen LogP contribution in [0.1, 0.15) is 5.69 Å². The van der Waals surface area contributed by atoms with Crippen molar-refractivity contribution in [3.05, 3.63) is 18.1 Å². The number of aromatic nitrogens is 4. The van der Waals surface area contributed by atoms with Gasteiger partial charge < -0.3 is 30.8 Å². The molecule has 1 unspecified atom stereocenters. The molecular formula is C11H16FN5O4. The fourth-order valence-corrected chi connectivity index (χ4v) is 1.87. The lowest BCUT2D eigenvalue weighted by molar-refractivity contribution is -0.0477. The molecule has 1 saturated heterocycles. The predicted octanol–water partition coefficient (Wildman–Crippen LogP) is -1.82. The van der Waals surface area contributed by atoms with Gasteiger partial charge in [-0.3, -0.25) is 0 Å². The zero-order valence-electron chi connectivity index (χ0n) is 11.1. The monoisotopic (exact) mass is 301 g/mol. The molecule has 3 rings (SSSR count). The maximum atomic E-state index is 12.5. The Morgan fingerprint density at radius 3 is 2.71 bits per heavy atom. The van der Waals surface area contributed by atoms with E-state index in [2.05, 4.69) is 19.9 Å². The summed E-state index contributed by atoms with van der Waals surface area (Å²) in [5, 5.41) is 26.6. The van der Waals surface area contributed by atoms with Crippen LogP contribution in [0.3, 0.4) is 0 Å². The van der Waals surface area contributed by atoms with Crippen molar-refractivity contribution in [2.75, 3.05) is 6.61 Å². The minimum absolute atomic E-state index is 0.0279. The van der Waals surface area contributed by atoms with Gasteiger partial charge >= 0.3 is 6.08 Å². The van der Waals surface area contributed by atoms with Crippen molar-refractivity contribution in [3.8, 4) is 0 Å². The van der Waals surface area contributed by atoms with Crippen LogP contribution in [0.25, 0.3) is 11.2 Å². The van der Waals surface area contributed by atoms with Crippen molar-refractivity contribution in [3.63, 3.8) is 0 Å². The number of fused-ring (bicyclic) bond motifs is 1. The first-order chi connectivity index (χ1) is 9.90. The number of halogens is 1. The summed E-state index contributed by atoms with van der Waals surface area (Å²) in [7, 11) is 0. The minimum Gasteiger partial charge on any atom is -0.388 e. The van der Waals surface area contributed by atoms with E-state index in [1.54, 1.807) is 6.92 Å². The summed E-state index contributed by atoms with van der Waals surface area (Å²) < 4.78 is 17.3. The van der Waals surface area contributed by atoms with Crippen LogP contribution >= 0.6 is 0 Å². The highest BCUT2D eigenvalue weighted by molar-refractivity contribution is 5.71. The van der Waals surface area contributed by atoms with E-state index >= 15 is 0 Å². The Morgan fingerprint density at radius 1 is 1.48 bits per heavy atom. The maximum absolute atomic E-state index is 12.5. The summed E-state index contributed by atoms with van der Waals surface area (Å²) in [4.78, 5) is 13.6. The van der Waals surface area contributed by atoms with Crippen LogP contribution in [-0.4, -0.2) is 66.4 Å². The summed E-state index contributed by atoms with van der Waals surface area (Å²) >= 11 is 0. The lowest BCUT2D eigenvalue weighted by atomic mass is 10.1. The molecule has 1 aliphatic rings. The van der Waals surface area contributed by atoms with E-state index in [1.165, 1.54) is 6.33 Å². The van der Waals surface area contributed by atoms with E-state index in [9.17, 15) is 4.39 Å². The number of imidazole rings is 1. The zero-order valence-corrected chi connectivity index (χ0v) is 11.1. The van der Waals surface area contributed by atoms with E-state index in [0.717, 1.165) is 0 Å². The summed E-state index contributed by atoms with van der Waals surface area (Å²) in [5.74, 6) is 0. The van der Waals surface area contributed by atoms with E-state index in [0.29, 0.717) is 16.9 Å². The van der Waals surface area contributed by atoms with Crippen LogP contribution < -0.4 is 5.73 Å². The Morgan fingerprint density at radius 2 is 2.19 bits per heavy atom. The van der Waals surface area contributed by atoms with Crippen molar-refractivity contribution in [1.29, 1.82) is 0 Å². The number of aryl methyl sites for hydroxylation is 1. The highest BCUT2D eigenvalue weighted by Gasteiger charge is 2.37. The molecule has 0 aromatic carbocycles. The fraction of sp³-hybridized carbons (Fsp3) is 0.545. The highest BCUT2D eigenvalue weighted by atomic mass is 19.1. The Labute approximate surface area is 118 Å². The number of H-pyrrole nitrogens is 1. The van der Waals surface area contributed by atoms with Gasteiger partial charge in [-0.2, -0.15) is 9.37 Å². The van der Waals surface area contributed by atoms with Gasteiger partial charge in [-0.25, -0.2) is 9.97 Å². The molecule has 116 valence electrons. The molecule has 0 bridgehead atoms. The van der Waals surface area contributed by atoms with Gasteiger partial charge in [0.2, 0.25) is 0 Å². The van der Waals surface area contributed by atoms with Crippen LogP contribution in [0.15, 0.2) is 6.33 Å². The molecule has 10 heteroatoms. The first kappa shape index (κ1) is 15.7. The van der Waals surface area contributed by atoms with Crippen LogP contribution in [0.2, 0.25) is 0 Å². The zero-order chi connectivity index (χ0) is 15.6. The Balaban J connectivity index is 0.000000155. The fourth-order valence-electron chi connectivity index (χ4n) is 1.87. The van der Waals surface area contributed by atoms with E-state index in [4.69, 9.17) is 25.8 Å². The van der Waals surface area contributed by atoms with Crippen molar-refractivity contribution >= 4 is 11.2 Å². The number of nitrogens with zero attached hydrogens (tertiary/aromatic N) is 3. The smallest absolute Gasteiger partial charge is 0.310 e. The molecule has 1 fully saturated rings. The maximum Gasteiger partial charge on any atom is 0.310 e. The quantitative estimate of drug-likeness (QED) is 0.305. The molecule has 9 nitrogen and oxygen atoms in total. The summed E-state index contributed by atoms with van der Waals surface area (Å²) in [5.41, 5.74) is 6.64.